The number of aliphatic carboxylic acids is 1. The van der Waals surface area contributed by atoms with E-state index in [-0.39, 0.29) is 11.9 Å². The van der Waals surface area contributed by atoms with E-state index in [0.29, 0.717) is 19.4 Å². The second kappa shape index (κ2) is 3.92. The first-order valence-corrected chi connectivity index (χ1v) is 5.73. The van der Waals surface area contributed by atoms with Crippen LogP contribution in [-0.4, -0.2) is 34.5 Å². The molecule has 1 fully saturated rings. The van der Waals surface area contributed by atoms with Gasteiger partial charge in [-0.3, -0.25) is 9.59 Å². The van der Waals surface area contributed by atoms with Gasteiger partial charge in [0.1, 0.15) is 0 Å². The second-order valence-electron chi connectivity index (χ2n) is 4.72. The summed E-state index contributed by atoms with van der Waals surface area (Å²) in [6, 6.07) is -0.127. The lowest BCUT2D eigenvalue weighted by Crippen LogP contribution is -2.49. The summed E-state index contributed by atoms with van der Waals surface area (Å²) in [5.74, 6) is -0.781. The quantitative estimate of drug-likeness (QED) is 0.684. The second-order valence-corrected chi connectivity index (χ2v) is 4.72. The summed E-state index contributed by atoms with van der Waals surface area (Å²) in [5, 5.41) is 9.45. The van der Waals surface area contributed by atoms with Crippen LogP contribution in [0.5, 0.6) is 0 Å². The maximum absolute atomic E-state index is 11.6. The summed E-state index contributed by atoms with van der Waals surface area (Å²) in [5.41, 5.74) is -0.737. The van der Waals surface area contributed by atoms with E-state index >= 15 is 0 Å². The summed E-state index contributed by atoms with van der Waals surface area (Å²) in [4.78, 5) is 24.8. The molecule has 4 nitrogen and oxygen atoms in total. The van der Waals surface area contributed by atoms with Gasteiger partial charge in [0.25, 0.3) is 0 Å². The number of hydrogen-bond acceptors (Lipinski definition) is 2. The minimum absolute atomic E-state index is 0.0240. The predicted octanol–water partition coefficient (Wildman–Crippen LogP) is 1.42. The number of carbonyl (C=O) groups is 2. The van der Waals surface area contributed by atoms with E-state index in [1.54, 1.807) is 4.90 Å². The lowest BCUT2D eigenvalue weighted by molar-refractivity contribution is -0.153. The van der Waals surface area contributed by atoms with Crippen molar-refractivity contribution >= 4 is 11.9 Å². The molecule has 2 rings (SSSR count). The van der Waals surface area contributed by atoms with Gasteiger partial charge in [-0.2, -0.15) is 0 Å². The normalized spacial score (nSPS) is 33.3. The maximum atomic E-state index is 11.6. The van der Waals surface area contributed by atoms with Crippen molar-refractivity contribution in [3.05, 3.63) is 12.2 Å². The van der Waals surface area contributed by atoms with Crippen LogP contribution in [0.1, 0.15) is 32.6 Å². The van der Waals surface area contributed by atoms with Crippen LogP contribution < -0.4 is 0 Å². The highest BCUT2D eigenvalue weighted by Crippen LogP contribution is 2.45. The van der Waals surface area contributed by atoms with Crippen molar-refractivity contribution in [3.8, 4) is 0 Å². The van der Waals surface area contributed by atoms with Gasteiger partial charge in [-0.15, -0.1) is 0 Å². The standard InChI is InChI=1S/C12H17NO3/c1-9(14)13-8-3-2-6-12(11(15)16)7-4-5-10(12)13/h2-3,10H,4-8H2,1H3,(H,15,16)/t10-,12-/m1/s1. The van der Waals surface area contributed by atoms with E-state index in [0.717, 1.165) is 12.8 Å². The third kappa shape index (κ3) is 1.52. The number of fused-ring (bicyclic) bond motifs is 1. The molecule has 0 bridgehead atoms. The number of amides is 1. The predicted molar refractivity (Wildman–Crippen MR) is 58.9 cm³/mol. The fourth-order valence-electron chi connectivity index (χ4n) is 3.04. The van der Waals surface area contributed by atoms with Gasteiger partial charge in [0.15, 0.2) is 0 Å². The topological polar surface area (TPSA) is 57.6 Å². The zero-order chi connectivity index (χ0) is 11.8. The molecule has 0 spiro atoms. The Balaban J connectivity index is 2.38. The first kappa shape index (κ1) is 11.2. The molecule has 1 amide bonds. The molecule has 1 N–H and O–H groups in total. The number of hydrogen-bond donors (Lipinski definition) is 1. The van der Waals surface area contributed by atoms with Gasteiger partial charge < -0.3 is 10.0 Å². The van der Waals surface area contributed by atoms with Crippen LogP contribution in [0.15, 0.2) is 12.2 Å². The first-order chi connectivity index (χ1) is 7.58. The Kier molecular flexibility index (Phi) is 2.74. The molecule has 0 aromatic heterocycles. The molecule has 2 atom stereocenters. The monoisotopic (exact) mass is 223 g/mol. The molecular formula is C12H17NO3. The van der Waals surface area contributed by atoms with E-state index in [9.17, 15) is 14.7 Å². The molecule has 0 aromatic rings. The van der Waals surface area contributed by atoms with Crippen LogP contribution >= 0.6 is 0 Å². The smallest absolute Gasteiger partial charge is 0.312 e. The molecule has 1 aliphatic carbocycles. The van der Waals surface area contributed by atoms with E-state index in [2.05, 4.69) is 0 Å². The van der Waals surface area contributed by atoms with Gasteiger partial charge in [0, 0.05) is 19.5 Å². The van der Waals surface area contributed by atoms with Gasteiger partial charge in [-0.05, 0) is 19.3 Å². The Bertz CT molecular complexity index is 350. The SMILES string of the molecule is CC(=O)N1CC=CC[C@@]2(C(=O)O)CCC[C@@H]12. The Morgan fingerprint density at radius 2 is 2.19 bits per heavy atom. The molecule has 88 valence electrons. The molecule has 1 saturated carbocycles. The van der Waals surface area contributed by atoms with Gasteiger partial charge in [0.2, 0.25) is 5.91 Å². The van der Waals surface area contributed by atoms with Crippen molar-refractivity contribution in [2.75, 3.05) is 6.54 Å². The molecule has 2 aliphatic rings. The van der Waals surface area contributed by atoms with E-state index in [1.165, 1.54) is 6.92 Å². The lowest BCUT2D eigenvalue weighted by Gasteiger charge is -2.36. The Morgan fingerprint density at radius 1 is 1.44 bits per heavy atom. The average molecular weight is 223 g/mol. The molecular weight excluding hydrogens is 206 g/mol. The van der Waals surface area contributed by atoms with Crippen LogP contribution in [0.4, 0.5) is 0 Å². The molecule has 1 aliphatic heterocycles. The summed E-state index contributed by atoms with van der Waals surface area (Å²) >= 11 is 0. The Hall–Kier alpha value is -1.32. The van der Waals surface area contributed by atoms with Crippen LogP contribution in [0.25, 0.3) is 0 Å². The number of carboxylic acids is 1. The highest BCUT2D eigenvalue weighted by atomic mass is 16.4. The average Bonchev–Trinajstić information content (AvgIpc) is 2.54. The largest absolute Gasteiger partial charge is 0.481 e. The number of allylic oxidation sites excluding steroid dienone is 1. The fraction of sp³-hybridized carbons (Fsp3) is 0.667. The highest BCUT2D eigenvalue weighted by Gasteiger charge is 2.51. The van der Waals surface area contributed by atoms with Crippen molar-refractivity contribution in [1.82, 2.24) is 4.90 Å². The third-order valence-electron chi connectivity index (χ3n) is 3.90. The molecule has 0 aromatic carbocycles. The molecule has 0 radical (unpaired) electrons. The summed E-state index contributed by atoms with van der Waals surface area (Å²) in [6.45, 7) is 2.07. The first-order valence-electron chi connectivity index (χ1n) is 5.73. The van der Waals surface area contributed by atoms with Gasteiger partial charge in [-0.1, -0.05) is 18.6 Å². The summed E-state index contributed by atoms with van der Waals surface area (Å²) in [6.07, 6.45) is 6.76. The van der Waals surface area contributed by atoms with Crippen molar-refractivity contribution < 1.29 is 14.7 Å². The van der Waals surface area contributed by atoms with Crippen LogP contribution in [-0.2, 0) is 9.59 Å². The molecule has 4 heteroatoms. The van der Waals surface area contributed by atoms with Gasteiger partial charge in [-0.25, -0.2) is 0 Å². The van der Waals surface area contributed by atoms with Crippen molar-refractivity contribution in [3.63, 3.8) is 0 Å². The molecule has 1 heterocycles. The summed E-state index contributed by atoms with van der Waals surface area (Å²) < 4.78 is 0. The zero-order valence-corrected chi connectivity index (χ0v) is 9.48. The highest BCUT2D eigenvalue weighted by molar-refractivity contribution is 5.80. The molecule has 0 unspecified atom stereocenters. The van der Waals surface area contributed by atoms with Gasteiger partial charge >= 0.3 is 5.97 Å². The number of nitrogens with zero attached hydrogens (tertiary/aromatic N) is 1. The third-order valence-corrected chi connectivity index (χ3v) is 3.90. The molecule has 16 heavy (non-hydrogen) atoms. The van der Waals surface area contributed by atoms with E-state index in [1.807, 2.05) is 12.2 Å². The number of carbonyl (C=O) groups excluding carboxylic acids is 1. The van der Waals surface area contributed by atoms with Crippen LogP contribution in [0.3, 0.4) is 0 Å². The van der Waals surface area contributed by atoms with Crippen molar-refractivity contribution in [2.24, 2.45) is 5.41 Å². The summed E-state index contributed by atoms with van der Waals surface area (Å²) in [7, 11) is 0. The lowest BCUT2D eigenvalue weighted by atomic mass is 9.79. The van der Waals surface area contributed by atoms with E-state index in [4.69, 9.17) is 0 Å². The zero-order valence-electron chi connectivity index (χ0n) is 9.48. The fourth-order valence-corrected chi connectivity index (χ4v) is 3.04. The van der Waals surface area contributed by atoms with Crippen LogP contribution in [0.2, 0.25) is 0 Å². The van der Waals surface area contributed by atoms with Crippen molar-refractivity contribution in [2.45, 2.75) is 38.6 Å². The van der Waals surface area contributed by atoms with Crippen molar-refractivity contribution in [1.29, 1.82) is 0 Å². The molecule has 0 saturated heterocycles. The number of carboxylic acid groups (broad SMARTS) is 1. The minimum Gasteiger partial charge on any atom is -0.481 e. The van der Waals surface area contributed by atoms with E-state index < -0.39 is 11.4 Å². The minimum atomic E-state index is -0.757. The van der Waals surface area contributed by atoms with Gasteiger partial charge in [0.05, 0.1) is 5.41 Å². The Morgan fingerprint density at radius 3 is 2.81 bits per heavy atom. The number of rotatable bonds is 1. The van der Waals surface area contributed by atoms with Crippen LogP contribution in [0, 0.1) is 5.41 Å². The maximum Gasteiger partial charge on any atom is 0.312 e. The Labute approximate surface area is 94.9 Å².